The molecule has 76 valence electrons. The fraction of sp³-hybridized carbons (Fsp3) is 0.636. The fourth-order valence-electron chi connectivity index (χ4n) is 1.41. The Bertz CT molecular complexity index is 145. The Morgan fingerprint density at radius 2 is 2.15 bits per heavy atom. The zero-order valence-electron chi connectivity index (χ0n) is 8.54. The van der Waals surface area contributed by atoms with Gasteiger partial charge in [0.1, 0.15) is 6.61 Å². The molecule has 2 heteroatoms. The van der Waals surface area contributed by atoms with Gasteiger partial charge in [0.15, 0.2) is 0 Å². The van der Waals surface area contributed by atoms with Gasteiger partial charge in [-0.25, -0.2) is 0 Å². The van der Waals surface area contributed by atoms with Crippen LogP contribution in [0.2, 0.25) is 0 Å². The van der Waals surface area contributed by atoms with E-state index in [1.807, 2.05) is 6.08 Å². The second kappa shape index (κ2) is 7.87. The quantitative estimate of drug-likeness (QED) is 0.463. The first-order valence-corrected chi connectivity index (χ1v) is 4.85. The summed E-state index contributed by atoms with van der Waals surface area (Å²) < 4.78 is 5.07. The van der Waals surface area contributed by atoms with E-state index in [-0.39, 0.29) is 6.04 Å². The van der Waals surface area contributed by atoms with Crippen LogP contribution in [0.1, 0.15) is 26.2 Å². The van der Waals surface area contributed by atoms with Gasteiger partial charge in [0, 0.05) is 6.04 Å². The largest absolute Gasteiger partial charge is 0.500 e. The van der Waals surface area contributed by atoms with Crippen LogP contribution in [0.3, 0.4) is 0 Å². The van der Waals surface area contributed by atoms with E-state index in [1.165, 1.54) is 6.26 Å². The smallest absolute Gasteiger partial charge is 0.103 e. The minimum atomic E-state index is 0.0935. The average Bonchev–Trinajstić information content (AvgIpc) is 2.14. The average molecular weight is 183 g/mol. The second-order valence-corrected chi connectivity index (χ2v) is 3.24. The third-order valence-electron chi connectivity index (χ3n) is 2.14. The molecule has 2 atom stereocenters. The van der Waals surface area contributed by atoms with Crippen LogP contribution < -0.4 is 5.73 Å². The van der Waals surface area contributed by atoms with Crippen LogP contribution >= 0.6 is 0 Å². The highest BCUT2D eigenvalue weighted by atomic mass is 16.5. The number of rotatable bonds is 8. The molecule has 0 radical (unpaired) electrons. The Morgan fingerprint density at radius 1 is 1.46 bits per heavy atom. The van der Waals surface area contributed by atoms with Crippen molar-refractivity contribution in [3.8, 4) is 0 Å². The lowest BCUT2D eigenvalue weighted by Crippen LogP contribution is -2.34. The van der Waals surface area contributed by atoms with Gasteiger partial charge in [-0.15, -0.1) is 6.58 Å². The van der Waals surface area contributed by atoms with Crippen LogP contribution in [0.15, 0.2) is 25.5 Å². The van der Waals surface area contributed by atoms with Gasteiger partial charge in [-0.1, -0.05) is 26.0 Å². The summed E-state index contributed by atoms with van der Waals surface area (Å²) in [6.45, 7) is 9.94. The summed E-state index contributed by atoms with van der Waals surface area (Å²) in [5.41, 5.74) is 5.96. The van der Waals surface area contributed by atoms with Gasteiger partial charge in [0.2, 0.25) is 0 Å². The highest BCUT2D eigenvalue weighted by Crippen LogP contribution is 2.15. The summed E-state index contributed by atoms with van der Waals surface area (Å²) >= 11 is 0. The maximum atomic E-state index is 5.96. The van der Waals surface area contributed by atoms with Crippen LogP contribution in [-0.4, -0.2) is 12.6 Å². The third kappa shape index (κ3) is 5.47. The highest BCUT2D eigenvalue weighted by molar-refractivity contribution is 4.80. The molecule has 0 aliphatic rings. The maximum absolute atomic E-state index is 5.96. The zero-order valence-corrected chi connectivity index (χ0v) is 8.54. The number of hydrogen-bond acceptors (Lipinski definition) is 2. The molecule has 13 heavy (non-hydrogen) atoms. The lowest BCUT2D eigenvalue weighted by atomic mass is 9.92. The maximum Gasteiger partial charge on any atom is 0.103 e. The Morgan fingerprint density at radius 3 is 2.62 bits per heavy atom. The van der Waals surface area contributed by atoms with E-state index >= 15 is 0 Å². The predicted octanol–water partition coefficient (Wildman–Crippen LogP) is 2.47. The van der Waals surface area contributed by atoms with Gasteiger partial charge >= 0.3 is 0 Å². The molecule has 0 saturated carbocycles. The molecule has 0 aliphatic carbocycles. The number of nitrogens with two attached hydrogens (primary N) is 1. The molecule has 2 nitrogen and oxygen atoms in total. The van der Waals surface area contributed by atoms with Gasteiger partial charge in [0.25, 0.3) is 0 Å². The molecule has 0 fully saturated rings. The first-order valence-electron chi connectivity index (χ1n) is 4.85. The van der Waals surface area contributed by atoms with Crippen LogP contribution in [0.5, 0.6) is 0 Å². The van der Waals surface area contributed by atoms with Gasteiger partial charge in [0.05, 0.1) is 6.26 Å². The molecule has 0 bridgehead atoms. The van der Waals surface area contributed by atoms with Crippen molar-refractivity contribution in [1.82, 2.24) is 0 Å². The summed E-state index contributed by atoms with van der Waals surface area (Å²) in [4.78, 5) is 0. The molecule has 0 saturated heterocycles. The zero-order chi connectivity index (χ0) is 10.1. The number of allylic oxidation sites excluding steroid dienone is 1. The SMILES string of the molecule is C=CCC(CCC)C(N)COC=C. The normalized spacial score (nSPS) is 14.6. The lowest BCUT2D eigenvalue weighted by Gasteiger charge is -2.21. The Kier molecular flexibility index (Phi) is 7.41. The molecule has 0 rings (SSSR count). The van der Waals surface area contributed by atoms with E-state index in [9.17, 15) is 0 Å². The number of hydrogen-bond donors (Lipinski definition) is 1. The van der Waals surface area contributed by atoms with Crippen molar-refractivity contribution >= 4 is 0 Å². The molecule has 0 aromatic heterocycles. The van der Waals surface area contributed by atoms with Crippen LogP contribution in [0, 0.1) is 5.92 Å². The summed E-state index contributed by atoms with van der Waals surface area (Å²) in [6.07, 6.45) is 6.62. The molecule has 0 aromatic carbocycles. The van der Waals surface area contributed by atoms with Crippen molar-refractivity contribution in [3.05, 3.63) is 25.5 Å². The topological polar surface area (TPSA) is 35.2 Å². The molecule has 0 heterocycles. The van der Waals surface area contributed by atoms with E-state index in [4.69, 9.17) is 10.5 Å². The lowest BCUT2D eigenvalue weighted by molar-refractivity contribution is 0.193. The Balaban J connectivity index is 3.85. The van der Waals surface area contributed by atoms with Crippen LogP contribution in [0.4, 0.5) is 0 Å². The van der Waals surface area contributed by atoms with Crippen LogP contribution in [-0.2, 0) is 4.74 Å². The van der Waals surface area contributed by atoms with E-state index < -0.39 is 0 Å². The second-order valence-electron chi connectivity index (χ2n) is 3.24. The Hall–Kier alpha value is -0.760. The summed E-state index contributed by atoms with van der Waals surface area (Å²) in [5, 5.41) is 0. The van der Waals surface area contributed by atoms with Crippen molar-refractivity contribution in [2.75, 3.05) is 6.61 Å². The van der Waals surface area contributed by atoms with Crippen molar-refractivity contribution in [1.29, 1.82) is 0 Å². The van der Waals surface area contributed by atoms with E-state index in [2.05, 4.69) is 20.1 Å². The van der Waals surface area contributed by atoms with E-state index in [0.717, 1.165) is 19.3 Å². The highest BCUT2D eigenvalue weighted by Gasteiger charge is 2.15. The molecular formula is C11H21NO. The molecule has 2 unspecified atom stereocenters. The summed E-state index contributed by atoms with van der Waals surface area (Å²) in [6, 6.07) is 0.0935. The molecule has 0 aromatic rings. The summed E-state index contributed by atoms with van der Waals surface area (Å²) in [5.74, 6) is 0.488. The molecule has 0 amide bonds. The van der Waals surface area contributed by atoms with E-state index in [1.54, 1.807) is 0 Å². The van der Waals surface area contributed by atoms with Crippen LogP contribution in [0.25, 0.3) is 0 Å². The first kappa shape index (κ1) is 12.2. The summed E-state index contributed by atoms with van der Waals surface area (Å²) in [7, 11) is 0. The predicted molar refractivity (Wildman–Crippen MR) is 57.3 cm³/mol. The first-order chi connectivity index (χ1) is 6.26. The van der Waals surface area contributed by atoms with Gasteiger partial charge in [-0.3, -0.25) is 0 Å². The monoisotopic (exact) mass is 183 g/mol. The van der Waals surface area contributed by atoms with Gasteiger partial charge in [-0.2, -0.15) is 0 Å². The van der Waals surface area contributed by atoms with Crippen molar-refractivity contribution in [3.63, 3.8) is 0 Å². The Labute approximate surface area is 81.5 Å². The van der Waals surface area contributed by atoms with Crippen molar-refractivity contribution < 1.29 is 4.74 Å². The molecule has 0 aliphatic heterocycles. The van der Waals surface area contributed by atoms with Crippen molar-refractivity contribution in [2.45, 2.75) is 32.2 Å². The minimum Gasteiger partial charge on any atom is -0.500 e. The fourth-order valence-corrected chi connectivity index (χ4v) is 1.41. The third-order valence-corrected chi connectivity index (χ3v) is 2.14. The molecule has 2 N–H and O–H groups in total. The van der Waals surface area contributed by atoms with Gasteiger partial charge < -0.3 is 10.5 Å². The van der Waals surface area contributed by atoms with Crippen molar-refractivity contribution in [2.24, 2.45) is 11.7 Å². The van der Waals surface area contributed by atoms with Gasteiger partial charge in [-0.05, 0) is 18.8 Å². The van der Waals surface area contributed by atoms with E-state index in [0.29, 0.717) is 12.5 Å². The molecule has 0 spiro atoms. The molecular weight excluding hydrogens is 162 g/mol. The standard InChI is InChI=1S/C11H21NO/c1-4-7-10(8-5-2)11(12)9-13-6-3/h4,6,10-11H,1,3,5,7-9,12H2,2H3. The minimum absolute atomic E-state index is 0.0935. The number of ether oxygens (including phenoxy) is 1.